The summed E-state index contributed by atoms with van der Waals surface area (Å²) in [5.41, 5.74) is 0. The van der Waals surface area contributed by atoms with E-state index < -0.39 is 5.97 Å². The smallest absolute Gasteiger partial charge is 0.303 e. The van der Waals surface area contributed by atoms with E-state index in [1.165, 1.54) is 6.42 Å². The van der Waals surface area contributed by atoms with E-state index in [4.69, 9.17) is 10.2 Å². The quantitative estimate of drug-likeness (QED) is 0.618. The van der Waals surface area contributed by atoms with Crippen molar-refractivity contribution in [2.24, 2.45) is 0 Å². The van der Waals surface area contributed by atoms with Crippen LogP contribution in [0, 0.1) is 0 Å². The number of unbranched alkanes of at least 4 members (excludes halogenated alkanes) is 2. The van der Waals surface area contributed by atoms with E-state index in [0.717, 1.165) is 12.8 Å². The van der Waals surface area contributed by atoms with Gasteiger partial charge in [-0.15, -0.1) is 0 Å². The molecule has 0 aliphatic heterocycles. The first-order valence-electron chi connectivity index (χ1n) is 4.01. The third-order valence-corrected chi connectivity index (χ3v) is 1.06. The van der Waals surface area contributed by atoms with Crippen LogP contribution in [-0.2, 0) is 4.79 Å². The molecule has 0 aromatic rings. The van der Waals surface area contributed by atoms with Gasteiger partial charge >= 0.3 is 5.97 Å². The van der Waals surface area contributed by atoms with E-state index in [2.05, 4.69) is 6.92 Å². The number of hydrogen-bond donors (Lipinski definition) is 2. The van der Waals surface area contributed by atoms with Crippen molar-refractivity contribution in [3.8, 4) is 0 Å². The highest BCUT2D eigenvalue weighted by atomic mass is 16.4. The Morgan fingerprint density at radius 3 is 1.82 bits per heavy atom. The molecule has 0 bridgehead atoms. The summed E-state index contributed by atoms with van der Waals surface area (Å²) in [7, 11) is 0. The Hall–Kier alpha value is -0.570. The highest BCUT2D eigenvalue weighted by molar-refractivity contribution is 5.66. The lowest BCUT2D eigenvalue weighted by Gasteiger charge is -1.85. The number of carboxylic acid groups (broad SMARTS) is 1. The Labute approximate surface area is 68.0 Å². The van der Waals surface area contributed by atoms with Crippen LogP contribution in [0.4, 0.5) is 0 Å². The van der Waals surface area contributed by atoms with Crippen LogP contribution >= 0.6 is 0 Å². The molecule has 0 heterocycles. The molecule has 0 rings (SSSR count). The van der Waals surface area contributed by atoms with Gasteiger partial charge in [-0.05, 0) is 6.42 Å². The molecular weight excluding hydrogens is 144 g/mol. The van der Waals surface area contributed by atoms with Crippen molar-refractivity contribution in [3.05, 3.63) is 0 Å². The van der Waals surface area contributed by atoms with Crippen molar-refractivity contribution >= 4 is 5.97 Å². The molecule has 0 aliphatic rings. The summed E-state index contributed by atoms with van der Waals surface area (Å²) in [4.78, 5) is 9.37. The van der Waals surface area contributed by atoms with Crippen LogP contribution in [0.15, 0.2) is 0 Å². The van der Waals surface area contributed by atoms with Crippen LogP contribution in [0.2, 0.25) is 0 Å². The van der Waals surface area contributed by atoms with Gasteiger partial charge in [0.2, 0.25) is 0 Å². The Morgan fingerprint density at radius 1 is 1.27 bits per heavy atom. The van der Waals surface area contributed by atoms with Gasteiger partial charge in [0.25, 0.3) is 0 Å². The molecule has 3 nitrogen and oxygen atoms in total. The molecule has 0 radical (unpaired) electrons. The lowest BCUT2D eigenvalue weighted by Crippen LogP contribution is -1.86. The number of aliphatic carboxylic acids is 1. The normalized spacial score (nSPS) is 8.27. The minimum Gasteiger partial charge on any atom is -0.481 e. The fourth-order valence-electron chi connectivity index (χ4n) is 0.362. The van der Waals surface area contributed by atoms with Gasteiger partial charge in [0.05, 0.1) is 0 Å². The van der Waals surface area contributed by atoms with Crippen LogP contribution in [0.5, 0.6) is 0 Å². The van der Waals surface area contributed by atoms with Gasteiger partial charge in [0.1, 0.15) is 0 Å². The molecule has 0 saturated heterocycles. The lowest BCUT2D eigenvalue weighted by atomic mass is 10.3. The van der Waals surface area contributed by atoms with Crippen molar-refractivity contribution in [2.45, 2.75) is 39.5 Å². The van der Waals surface area contributed by atoms with Gasteiger partial charge in [-0.1, -0.05) is 26.7 Å². The number of rotatable bonds is 4. The van der Waals surface area contributed by atoms with Crippen molar-refractivity contribution in [1.82, 2.24) is 0 Å². The molecule has 0 atom stereocenters. The predicted octanol–water partition coefficient (Wildman–Crippen LogP) is 1.65. The first-order chi connectivity index (χ1) is 5.18. The molecule has 0 fully saturated rings. The third-order valence-electron chi connectivity index (χ3n) is 1.06. The van der Waals surface area contributed by atoms with Crippen LogP contribution in [0.1, 0.15) is 39.5 Å². The van der Waals surface area contributed by atoms with Crippen molar-refractivity contribution in [3.63, 3.8) is 0 Å². The zero-order valence-corrected chi connectivity index (χ0v) is 7.34. The topological polar surface area (TPSA) is 57.5 Å². The van der Waals surface area contributed by atoms with Gasteiger partial charge in [-0.2, -0.15) is 0 Å². The molecule has 0 aromatic heterocycles. The molecule has 2 N–H and O–H groups in total. The van der Waals surface area contributed by atoms with Gasteiger partial charge in [0.15, 0.2) is 0 Å². The zero-order chi connectivity index (χ0) is 9.11. The second kappa shape index (κ2) is 12.1. The summed E-state index contributed by atoms with van der Waals surface area (Å²) >= 11 is 0. The van der Waals surface area contributed by atoms with Crippen LogP contribution in [0.3, 0.4) is 0 Å². The zero-order valence-electron chi connectivity index (χ0n) is 7.34. The fourth-order valence-corrected chi connectivity index (χ4v) is 0.362. The first-order valence-corrected chi connectivity index (χ1v) is 4.01. The summed E-state index contributed by atoms with van der Waals surface area (Å²) in [6.45, 7) is 4.08. The monoisotopic (exact) mass is 162 g/mol. The molecule has 11 heavy (non-hydrogen) atoms. The van der Waals surface area contributed by atoms with E-state index in [1.54, 1.807) is 6.92 Å². The highest BCUT2D eigenvalue weighted by Crippen LogP contribution is 1.89. The number of aliphatic hydroxyl groups excluding tert-OH is 1. The molecule has 0 spiro atoms. The molecule has 3 heteroatoms. The molecule has 0 unspecified atom stereocenters. The Morgan fingerprint density at radius 2 is 1.73 bits per heavy atom. The lowest BCUT2D eigenvalue weighted by molar-refractivity contribution is -0.136. The van der Waals surface area contributed by atoms with Gasteiger partial charge in [-0.3, -0.25) is 4.79 Å². The summed E-state index contributed by atoms with van der Waals surface area (Å²) in [6.07, 6.45) is 3.55. The average molecular weight is 162 g/mol. The molecule has 0 saturated carbocycles. The second-order valence-electron chi connectivity index (χ2n) is 2.18. The Balaban J connectivity index is 0. The summed E-state index contributed by atoms with van der Waals surface area (Å²) in [5, 5.41) is 15.9. The van der Waals surface area contributed by atoms with E-state index in [1.807, 2.05) is 0 Å². The maximum atomic E-state index is 9.37. The van der Waals surface area contributed by atoms with Crippen LogP contribution < -0.4 is 0 Å². The molecule has 68 valence electrons. The SMILES string of the molecule is CCC(=O)O.CCCCCO. The van der Waals surface area contributed by atoms with Crippen molar-refractivity contribution < 1.29 is 15.0 Å². The first kappa shape index (κ1) is 13.1. The van der Waals surface area contributed by atoms with Crippen LogP contribution in [0.25, 0.3) is 0 Å². The minimum absolute atomic E-state index is 0.222. The van der Waals surface area contributed by atoms with Gasteiger partial charge in [0, 0.05) is 13.0 Å². The van der Waals surface area contributed by atoms with Gasteiger partial charge in [-0.25, -0.2) is 0 Å². The molecule has 0 aromatic carbocycles. The van der Waals surface area contributed by atoms with Crippen LogP contribution in [-0.4, -0.2) is 22.8 Å². The Bertz CT molecular complexity index is 77.4. The molecular formula is C8H18O3. The number of hydrogen-bond acceptors (Lipinski definition) is 2. The molecule has 0 aliphatic carbocycles. The highest BCUT2D eigenvalue weighted by Gasteiger charge is 1.80. The number of aliphatic hydroxyl groups is 1. The van der Waals surface area contributed by atoms with Gasteiger partial charge < -0.3 is 10.2 Å². The Kier molecular flexibility index (Phi) is 14.4. The fraction of sp³-hybridized carbons (Fsp3) is 0.875. The van der Waals surface area contributed by atoms with E-state index >= 15 is 0 Å². The average Bonchev–Trinajstić information content (AvgIpc) is 2.02. The van der Waals surface area contributed by atoms with Crippen molar-refractivity contribution in [1.29, 1.82) is 0 Å². The van der Waals surface area contributed by atoms with E-state index in [9.17, 15) is 4.79 Å². The minimum atomic E-state index is -0.745. The van der Waals surface area contributed by atoms with Crippen molar-refractivity contribution in [2.75, 3.05) is 6.61 Å². The maximum absolute atomic E-state index is 9.37. The van der Waals surface area contributed by atoms with E-state index in [0.29, 0.717) is 6.61 Å². The summed E-state index contributed by atoms with van der Waals surface area (Å²) < 4.78 is 0. The number of carboxylic acids is 1. The summed E-state index contributed by atoms with van der Waals surface area (Å²) in [6, 6.07) is 0. The standard InChI is InChI=1S/C5H12O.C3H6O2/c1-2-3-4-5-6;1-2-3(4)5/h6H,2-5H2,1H3;2H2,1H3,(H,4,5). The number of carbonyl (C=O) groups is 1. The maximum Gasteiger partial charge on any atom is 0.303 e. The van der Waals surface area contributed by atoms with E-state index in [-0.39, 0.29) is 6.42 Å². The predicted molar refractivity (Wildman–Crippen MR) is 44.5 cm³/mol. The molecule has 0 amide bonds. The third kappa shape index (κ3) is 26.5. The second-order valence-corrected chi connectivity index (χ2v) is 2.18. The largest absolute Gasteiger partial charge is 0.481 e. The summed E-state index contributed by atoms with van der Waals surface area (Å²) in [5.74, 6) is -0.745.